The van der Waals surface area contributed by atoms with Gasteiger partial charge in [0.25, 0.3) is 0 Å². The van der Waals surface area contributed by atoms with E-state index in [0.29, 0.717) is 37.8 Å². The standard InChI is InChI=1S/C30H30ClN3O9/c1-29(2,3)43-28(38)33-23-10-7-20(31)14-22(23)19-13-18-11-12-30(39,25(18)34(40)15-19)26(36)42-16-24(35)17-5-8-21(9-6-17)32-27(37)41-4/h5-10,13-15,39H,11-12,16H2,1-4H3,(H,32,37)(H,33,38). The van der Waals surface area contributed by atoms with Crippen LogP contribution in [0.4, 0.5) is 21.0 Å². The summed E-state index contributed by atoms with van der Waals surface area (Å²) in [6.45, 7) is 4.49. The predicted molar refractivity (Wildman–Crippen MR) is 156 cm³/mol. The van der Waals surface area contributed by atoms with E-state index in [2.05, 4.69) is 15.4 Å². The molecule has 43 heavy (non-hydrogen) atoms. The fourth-order valence-electron chi connectivity index (χ4n) is 4.56. The third kappa shape index (κ3) is 7.22. The van der Waals surface area contributed by atoms with Gasteiger partial charge < -0.3 is 24.5 Å². The van der Waals surface area contributed by atoms with E-state index >= 15 is 0 Å². The maximum atomic E-state index is 13.2. The molecule has 0 bridgehead atoms. The van der Waals surface area contributed by atoms with Gasteiger partial charge in [0.2, 0.25) is 11.3 Å². The molecule has 1 aromatic heterocycles. The van der Waals surface area contributed by atoms with Crippen molar-refractivity contribution >= 4 is 46.9 Å². The lowest BCUT2D eigenvalue weighted by molar-refractivity contribution is -0.620. The molecule has 0 aliphatic heterocycles. The van der Waals surface area contributed by atoms with E-state index in [1.54, 1.807) is 45.0 Å². The molecular formula is C30H30ClN3O9. The summed E-state index contributed by atoms with van der Waals surface area (Å²) in [6.07, 6.45) is -0.203. The number of ketones is 1. The van der Waals surface area contributed by atoms with Gasteiger partial charge in [0.05, 0.1) is 12.8 Å². The molecule has 0 saturated carbocycles. The Balaban J connectivity index is 1.51. The van der Waals surface area contributed by atoms with Gasteiger partial charge in [-0.1, -0.05) is 11.6 Å². The topological polar surface area (TPSA) is 167 Å². The number of carbonyl (C=O) groups excluding carboxylic acids is 4. The van der Waals surface area contributed by atoms with Gasteiger partial charge >= 0.3 is 18.2 Å². The number of anilines is 2. The van der Waals surface area contributed by atoms with Crippen LogP contribution in [0, 0.1) is 5.21 Å². The highest BCUT2D eigenvalue weighted by Gasteiger charge is 2.52. The Bertz CT molecular complexity index is 1580. The van der Waals surface area contributed by atoms with Crippen LogP contribution in [-0.2, 0) is 31.0 Å². The fourth-order valence-corrected chi connectivity index (χ4v) is 4.74. The first-order valence-electron chi connectivity index (χ1n) is 13.1. The monoisotopic (exact) mass is 611 g/mol. The summed E-state index contributed by atoms with van der Waals surface area (Å²) in [7, 11) is 1.22. The van der Waals surface area contributed by atoms with Crippen LogP contribution in [0.2, 0.25) is 5.02 Å². The molecule has 1 heterocycles. The van der Waals surface area contributed by atoms with Crippen LogP contribution in [0.25, 0.3) is 11.1 Å². The van der Waals surface area contributed by atoms with Gasteiger partial charge in [0, 0.05) is 39.4 Å². The second kappa shape index (κ2) is 12.3. The number of esters is 1. The number of hydrogen-bond acceptors (Lipinski definition) is 9. The number of aliphatic hydroxyl groups is 1. The Morgan fingerprint density at radius 3 is 2.40 bits per heavy atom. The number of ether oxygens (including phenoxy) is 3. The van der Waals surface area contributed by atoms with Crippen molar-refractivity contribution in [2.45, 2.75) is 44.8 Å². The molecule has 1 aliphatic rings. The van der Waals surface area contributed by atoms with E-state index in [0.717, 1.165) is 6.20 Å². The summed E-state index contributed by atoms with van der Waals surface area (Å²) in [5.74, 6) is -1.70. The summed E-state index contributed by atoms with van der Waals surface area (Å²) >= 11 is 6.21. The Morgan fingerprint density at radius 1 is 1.05 bits per heavy atom. The molecule has 226 valence electrons. The average molecular weight is 612 g/mol. The number of aromatic nitrogens is 1. The van der Waals surface area contributed by atoms with Crippen LogP contribution >= 0.6 is 11.6 Å². The zero-order valence-electron chi connectivity index (χ0n) is 23.9. The number of methoxy groups -OCH3 is 1. The minimum atomic E-state index is -2.28. The highest BCUT2D eigenvalue weighted by Crippen LogP contribution is 2.39. The summed E-state index contributed by atoms with van der Waals surface area (Å²) in [6, 6.07) is 12.1. The molecule has 2 aromatic carbocycles. The molecular weight excluding hydrogens is 582 g/mol. The molecule has 1 atom stereocenters. The molecule has 2 amide bonds. The van der Waals surface area contributed by atoms with Crippen molar-refractivity contribution in [3.63, 3.8) is 0 Å². The van der Waals surface area contributed by atoms with Gasteiger partial charge in [-0.15, -0.1) is 0 Å². The summed E-state index contributed by atoms with van der Waals surface area (Å²) < 4.78 is 15.4. The van der Waals surface area contributed by atoms with E-state index in [1.807, 2.05) is 0 Å². The minimum Gasteiger partial charge on any atom is -0.618 e. The van der Waals surface area contributed by atoms with Crippen molar-refractivity contribution in [1.29, 1.82) is 0 Å². The Kier molecular flexibility index (Phi) is 8.93. The molecule has 4 rings (SSSR count). The maximum Gasteiger partial charge on any atom is 0.412 e. The van der Waals surface area contributed by atoms with Crippen LogP contribution in [0.5, 0.6) is 0 Å². The number of aryl methyl sites for hydroxylation is 1. The molecule has 13 heteroatoms. The van der Waals surface area contributed by atoms with Crippen LogP contribution in [0.1, 0.15) is 48.8 Å². The van der Waals surface area contributed by atoms with Gasteiger partial charge in [-0.05, 0) is 75.7 Å². The molecule has 1 aliphatic carbocycles. The second-order valence-electron chi connectivity index (χ2n) is 10.8. The number of Topliss-reactive ketones (excluding diaryl/α,β-unsaturated/α-hetero) is 1. The second-order valence-corrected chi connectivity index (χ2v) is 11.2. The highest BCUT2D eigenvalue weighted by atomic mass is 35.5. The number of benzene rings is 2. The van der Waals surface area contributed by atoms with E-state index in [4.69, 9.17) is 21.1 Å². The molecule has 12 nitrogen and oxygen atoms in total. The lowest BCUT2D eigenvalue weighted by Crippen LogP contribution is -2.46. The predicted octanol–water partition coefficient (Wildman–Crippen LogP) is 4.73. The third-order valence-electron chi connectivity index (χ3n) is 6.50. The normalized spacial score (nSPS) is 15.7. The molecule has 3 aromatic rings. The molecule has 0 radical (unpaired) electrons. The summed E-state index contributed by atoms with van der Waals surface area (Å²) in [4.78, 5) is 49.3. The first kappa shape index (κ1) is 31.3. The van der Waals surface area contributed by atoms with Crippen LogP contribution in [0.3, 0.4) is 0 Å². The first-order chi connectivity index (χ1) is 20.2. The van der Waals surface area contributed by atoms with Crippen molar-refractivity contribution < 1.29 is 43.2 Å². The summed E-state index contributed by atoms with van der Waals surface area (Å²) in [5.41, 5.74) is -1.13. The smallest absolute Gasteiger partial charge is 0.412 e. The zero-order valence-corrected chi connectivity index (χ0v) is 24.6. The molecule has 0 saturated heterocycles. The summed E-state index contributed by atoms with van der Waals surface area (Å²) in [5, 5.41) is 29.9. The van der Waals surface area contributed by atoms with Crippen LogP contribution in [0.15, 0.2) is 54.7 Å². The largest absolute Gasteiger partial charge is 0.618 e. The maximum absolute atomic E-state index is 13.2. The number of fused-ring (bicyclic) bond motifs is 1. The fraction of sp³-hybridized carbons (Fsp3) is 0.300. The Hall–Kier alpha value is -4.68. The Labute approximate surface area is 252 Å². The molecule has 3 N–H and O–H groups in total. The number of nitrogens with zero attached hydrogens (tertiary/aromatic N) is 1. The number of hydrogen-bond donors (Lipinski definition) is 3. The highest BCUT2D eigenvalue weighted by molar-refractivity contribution is 6.31. The third-order valence-corrected chi connectivity index (χ3v) is 6.73. The average Bonchev–Trinajstić information content (AvgIpc) is 3.29. The molecule has 1 unspecified atom stereocenters. The van der Waals surface area contributed by atoms with Gasteiger partial charge in [0.1, 0.15) is 5.60 Å². The van der Waals surface area contributed by atoms with Crippen molar-refractivity contribution in [3.8, 4) is 11.1 Å². The number of halogens is 1. The van der Waals surface area contributed by atoms with E-state index in [-0.39, 0.29) is 24.1 Å². The van der Waals surface area contributed by atoms with Gasteiger partial charge in [0.15, 0.2) is 18.6 Å². The van der Waals surface area contributed by atoms with Gasteiger partial charge in [-0.3, -0.25) is 15.4 Å². The van der Waals surface area contributed by atoms with Crippen LogP contribution < -0.4 is 15.4 Å². The lowest BCUT2D eigenvalue weighted by Gasteiger charge is -2.21. The Morgan fingerprint density at radius 2 is 1.74 bits per heavy atom. The quantitative estimate of drug-likeness (QED) is 0.112. The minimum absolute atomic E-state index is 0.145. The van der Waals surface area contributed by atoms with Crippen molar-refractivity contribution in [1.82, 2.24) is 0 Å². The van der Waals surface area contributed by atoms with Crippen molar-refractivity contribution in [2.75, 3.05) is 24.4 Å². The molecule has 0 spiro atoms. The lowest BCUT2D eigenvalue weighted by atomic mass is 9.99. The number of rotatable bonds is 7. The van der Waals surface area contributed by atoms with Crippen molar-refractivity contribution in [3.05, 3.63) is 81.8 Å². The zero-order chi connectivity index (χ0) is 31.5. The molecule has 0 fully saturated rings. The SMILES string of the molecule is COC(=O)Nc1ccc(C(=O)COC(=O)C2(O)CCc3cc(-c4cc(Cl)ccc4NC(=O)OC(C)(C)C)c[n+]([O-])c32)cc1. The van der Waals surface area contributed by atoms with Crippen molar-refractivity contribution in [2.24, 2.45) is 0 Å². The number of pyridine rings is 1. The van der Waals surface area contributed by atoms with Crippen LogP contribution in [-0.4, -0.2) is 48.4 Å². The van der Waals surface area contributed by atoms with Gasteiger partial charge in [-0.2, -0.15) is 4.73 Å². The van der Waals surface area contributed by atoms with Gasteiger partial charge in [-0.25, -0.2) is 14.4 Å². The first-order valence-corrected chi connectivity index (χ1v) is 13.5. The number of nitrogens with one attached hydrogen (secondary N) is 2. The van der Waals surface area contributed by atoms with E-state index in [1.165, 1.54) is 31.4 Å². The van der Waals surface area contributed by atoms with E-state index in [9.17, 15) is 29.5 Å². The van der Waals surface area contributed by atoms with E-state index < -0.39 is 41.7 Å². The number of amides is 2. The number of carbonyl (C=O) groups is 4.